The van der Waals surface area contributed by atoms with Crippen LogP contribution in [0.25, 0.3) is 6.08 Å². The third-order valence-electron chi connectivity index (χ3n) is 3.88. The minimum absolute atomic E-state index is 0.0111. The molecule has 0 fully saturated rings. The molecule has 0 aliphatic heterocycles. The van der Waals surface area contributed by atoms with Gasteiger partial charge in [0.15, 0.2) is 0 Å². The van der Waals surface area contributed by atoms with Gasteiger partial charge in [-0.1, -0.05) is 48.5 Å². The molecule has 0 aliphatic rings. The van der Waals surface area contributed by atoms with Crippen LogP contribution >= 0.6 is 11.8 Å². The summed E-state index contributed by atoms with van der Waals surface area (Å²) in [5.74, 6) is -0.313. The number of nitrogens with one attached hydrogen (secondary N) is 2. The van der Waals surface area contributed by atoms with Crippen molar-refractivity contribution in [2.75, 3.05) is 12.0 Å². The number of sulfonamides is 1. The van der Waals surface area contributed by atoms with E-state index in [1.807, 2.05) is 12.3 Å². The van der Waals surface area contributed by atoms with Gasteiger partial charge in [-0.05, 0) is 36.1 Å². The SMILES string of the molecule is CSCCC(NS(=O)(=O)/C=C/c1ccccc1)C(=O)NCc1ccccc1F. The van der Waals surface area contributed by atoms with Crippen molar-refractivity contribution in [2.24, 2.45) is 0 Å². The number of amides is 1. The average Bonchev–Trinajstić information content (AvgIpc) is 2.69. The highest BCUT2D eigenvalue weighted by atomic mass is 32.2. The fourth-order valence-corrected chi connectivity index (χ4v) is 3.90. The lowest BCUT2D eigenvalue weighted by Gasteiger charge is -2.17. The molecule has 0 saturated heterocycles. The molecule has 0 radical (unpaired) electrons. The molecule has 2 N–H and O–H groups in total. The molecule has 2 rings (SSSR count). The number of thioether (sulfide) groups is 1. The number of benzene rings is 2. The molecular formula is C20H23FN2O3S2. The van der Waals surface area contributed by atoms with Crippen LogP contribution in [-0.4, -0.2) is 32.4 Å². The molecule has 28 heavy (non-hydrogen) atoms. The lowest BCUT2D eigenvalue weighted by molar-refractivity contribution is -0.122. The summed E-state index contributed by atoms with van der Waals surface area (Å²) < 4.78 is 40.8. The molecule has 0 bridgehead atoms. The standard InChI is InChI=1S/C20H23FN2O3S2/c1-27-13-11-19(20(24)22-15-17-9-5-6-10-18(17)21)23-28(25,26)14-12-16-7-3-2-4-8-16/h2-10,12,14,19,23H,11,13,15H2,1H3,(H,22,24)/b14-12+. The Bertz CT molecular complexity index is 903. The molecular weight excluding hydrogens is 399 g/mol. The molecule has 1 amide bonds. The van der Waals surface area contributed by atoms with Crippen LogP contribution in [-0.2, 0) is 21.4 Å². The summed E-state index contributed by atoms with van der Waals surface area (Å²) in [5, 5.41) is 3.65. The first-order valence-corrected chi connectivity index (χ1v) is 11.6. The highest BCUT2D eigenvalue weighted by molar-refractivity contribution is 7.98. The van der Waals surface area contributed by atoms with Crippen molar-refractivity contribution < 1.29 is 17.6 Å². The monoisotopic (exact) mass is 422 g/mol. The first kappa shape index (κ1) is 22.1. The van der Waals surface area contributed by atoms with Gasteiger partial charge in [0, 0.05) is 17.5 Å². The maximum atomic E-state index is 13.7. The number of hydrogen-bond donors (Lipinski definition) is 2. The molecule has 0 saturated carbocycles. The second kappa shape index (κ2) is 11.0. The van der Waals surface area contributed by atoms with Gasteiger partial charge in [0.05, 0.1) is 0 Å². The minimum atomic E-state index is -3.82. The predicted octanol–water partition coefficient (Wildman–Crippen LogP) is 3.15. The third-order valence-corrected chi connectivity index (χ3v) is 5.64. The van der Waals surface area contributed by atoms with Gasteiger partial charge < -0.3 is 5.32 Å². The maximum absolute atomic E-state index is 13.7. The molecule has 8 heteroatoms. The molecule has 150 valence electrons. The smallest absolute Gasteiger partial charge is 0.238 e. The van der Waals surface area contributed by atoms with E-state index in [0.29, 0.717) is 17.7 Å². The third kappa shape index (κ3) is 7.46. The van der Waals surface area contributed by atoms with Crippen molar-refractivity contribution in [3.63, 3.8) is 0 Å². The summed E-state index contributed by atoms with van der Waals surface area (Å²) in [6.45, 7) is -0.0111. The van der Waals surface area contributed by atoms with Gasteiger partial charge in [0.2, 0.25) is 15.9 Å². The van der Waals surface area contributed by atoms with E-state index in [0.717, 1.165) is 11.0 Å². The van der Waals surface area contributed by atoms with E-state index >= 15 is 0 Å². The highest BCUT2D eigenvalue weighted by Crippen LogP contribution is 2.08. The van der Waals surface area contributed by atoms with E-state index in [-0.39, 0.29) is 6.54 Å². The summed E-state index contributed by atoms with van der Waals surface area (Å²) >= 11 is 1.51. The summed E-state index contributed by atoms with van der Waals surface area (Å²) in [5.41, 5.74) is 1.07. The van der Waals surface area contributed by atoms with Crippen molar-refractivity contribution in [3.05, 3.63) is 76.9 Å². The summed E-state index contributed by atoms with van der Waals surface area (Å²) in [6.07, 6.45) is 3.66. The Kier molecular flexibility index (Phi) is 8.69. The van der Waals surface area contributed by atoms with E-state index in [1.165, 1.54) is 23.9 Å². The molecule has 0 aliphatic carbocycles. The molecule has 1 unspecified atom stereocenters. The molecule has 1 atom stereocenters. The summed E-state index contributed by atoms with van der Waals surface area (Å²) in [4.78, 5) is 12.5. The minimum Gasteiger partial charge on any atom is -0.351 e. The quantitative estimate of drug-likeness (QED) is 0.617. The second-order valence-corrected chi connectivity index (χ2v) is 8.60. The lowest BCUT2D eigenvalue weighted by atomic mass is 10.2. The van der Waals surface area contributed by atoms with Crippen molar-refractivity contribution in [1.29, 1.82) is 0 Å². The number of hydrogen-bond acceptors (Lipinski definition) is 4. The Morgan fingerprint density at radius 1 is 1.14 bits per heavy atom. The highest BCUT2D eigenvalue weighted by Gasteiger charge is 2.22. The Balaban J connectivity index is 2.03. The zero-order valence-corrected chi connectivity index (χ0v) is 17.1. The Morgan fingerprint density at radius 3 is 2.50 bits per heavy atom. The van der Waals surface area contributed by atoms with Gasteiger partial charge in [0.1, 0.15) is 11.9 Å². The largest absolute Gasteiger partial charge is 0.351 e. The van der Waals surface area contributed by atoms with Gasteiger partial charge >= 0.3 is 0 Å². The summed E-state index contributed by atoms with van der Waals surface area (Å²) in [7, 11) is -3.82. The number of rotatable bonds is 10. The summed E-state index contributed by atoms with van der Waals surface area (Å²) in [6, 6.07) is 14.2. The second-order valence-electron chi connectivity index (χ2n) is 6.02. The predicted molar refractivity (Wildman–Crippen MR) is 113 cm³/mol. The zero-order valence-electron chi connectivity index (χ0n) is 15.5. The topological polar surface area (TPSA) is 75.3 Å². The molecule has 5 nitrogen and oxygen atoms in total. The van der Waals surface area contributed by atoms with Crippen LogP contribution in [0.3, 0.4) is 0 Å². The zero-order chi connectivity index (χ0) is 20.4. The van der Waals surface area contributed by atoms with Gasteiger partial charge in [0.25, 0.3) is 0 Å². The molecule has 2 aromatic rings. The van der Waals surface area contributed by atoms with Crippen molar-refractivity contribution in [1.82, 2.24) is 10.0 Å². The van der Waals surface area contributed by atoms with Gasteiger partial charge in [-0.25, -0.2) is 12.8 Å². The maximum Gasteiger partial charge on any atom is 0.238 e. The molecule has 2 aromatic carbocycles. The van der Waals surface area contributed by atoms with Crippen LogP contribution in [0.2, 0.25) is 0 Å². The molecule has 0 spiro atoms. The first-order valence-electron chi connectivity index (χ1n) is 8.67. The first-order chi connectivity index (χ1) is 13.4. The lowest BCUT2D eigenvalue weighted by Crippen LogP contribution is -2.46. The van der Waals surface area contributed by atoms with Gasteiger partial charge in [-0.15, -0.1) is 0 Å². The van der Waals surface area contributed by atoms with E-state index in [1.54, 1.807) is 42.5 Å². The van der Waals surface area contributed by atoms with Crippen molar-refractivity contribution >= 4 is 33.8 Å². The van der Waals surface area contributed by atoms with Crippen molar-refractivity contribution in [2.45, 2.75) is 19.0 Å². The Labute approximate surface area is 169 Å². The van der Waals surface area contributed by atoms with E-state index in [4.69, 9.17) is 0 Å². The normalized spacial score (nSPS) is 12.8. The number of carbonyl (C=O) groups is 1. The van der Waals surface area contributed by atoms with Crippen LogP contribution in [0.1, 0.15) is 17.5 Å². The van der Waals surface area contributed by atoms with Crippen LogP contribution in [0, 0.1) is 5.82 Å². The van der Waals surface area contributed by atoms with Crippen LogP contribution < -0.4 is 10.0 Å². The molecule has 0 aromatic heterocycles. The van der Waals surface area contributed by atoms with E-state index < -0.39 is 27.8 Å². The van der Waals surface area contributed by atoms with E-state index in [9.17, 15) is 17.6 Å². The van der Waals surface area contributed by atoms with Crippen LogP contribution in [0.4, 0.5) is 4.39 Å². The van der Waals surface area contributed by atoms with E-state index in [2.05, 4.69) is 10.0 Å². The average molecular weight is 423 g/mol. The molecule has 0 heterocycles. The van der Waals surface area contributed by atoms with Gasteiger partial charge in [-0.2, -0.15) is 16.5 Å². The van der Waals surface area contributed by atoms with Crippen molar-refractivity contribution in [3.8, 4) is 0 Å². The van der Waals surface area contributed by atoms with Gasteiger partial charge in [-0.3, -0.25) is 4.79 Å². The fourth-order valence-electron chi connectivity index (χ4n) is 2.40. The Hall–Kier alpha value is -2.16. The fraction of sp³-hybridized carbons (Fsp3) is 0.250. The van der Waals surface area contributed by atoms with Crippen LogP contribution in [0.15, 0.2) is 60.0 Å². The number of halogens is 1. The number of carbonyl (C=O) groups excluding carboxylic acids is 1. The Morgan fingerprint density at radius 2 is 1.82 bits per heavy atom. The van der Waals surface area contributed by atoms with Crippen LogP contribution in [0.5, 0.6) is 0 Å².